The number of nitrogens with zero attached hydrogens (tertiary/aromatic N) is 2. The Hall–Kier alpha value is -2.45. The van der Waals surface area contributed by atoms with Crippen LogP contribution in [0.1, 0.15) is 12.5 Å². The van der Waals surface area contributed by atoms with Gasteiger partial charge in [-0.3, -0.25) is 9.36 Å². The fourth-order valence-electron chi connectivity index (χ4n) is 2.71. The Bertz CT molecular complexity index is 994. The molecule has 2 aromatic carbocycles. The van der Waals surface area contributed by atoms with E-state index >= 15 is 0 Å². The standard InChI is InChI=1S/C20H21F2N3O2S/c1-13(26)10-23-20-24-17-8-7-15(28-12-14-5-3-2-4-6-14)9-16(17)19(27)25(20)11-18(21)22/h2-9,13,18,26H,10-12H2,1H3,(H,23,24)/t13-/m0/s1. The lowest BCUT2D eigenvalue weighted by molar-refractivity contribution is 0.125. The molecule has 0 saturated carbocycles. The summed E-state index contributed by atoms with van der Waals surface area (Å²) < 4.78 is 26.9. The summed E-state index contributed by atoms with van der Waals surface area (Å²) >= 11 is 1.56. The zero-order chi connectivity index (χ0) is 20.1. The molecule has 0 aliphatic rings. The Morgan fingerprint density at radius 3 is 2.64 bits per heavy atom. The lowest BCUT2D eigenvalue weighted by atomic mass is 10.2. The van der Waals surface area contributed by atoms with Gasteiger partial charge in [-0.2, -0.15) is 0 Å². The maximum Gasteiger partial charge on any atom is 0.263 e. The number of benzene rings is 2. The number of aliphatic hydroxyl groups is 1. The molecule has 0 saturated heterocycles. The Morgan fingerprint density at radius 1 is 1.21 bits per heavy atom. The molecule has 0 fully saturated rings. The smallest absolute Gasteiger partial charge is 0.263 e. The first-order valence-corrected chi connectivity index (χ1v) is 9.84. The van der Waals surface area contributed by atoms with E-state index < -0.39 is 24.6 Å². The Balaban J connectivity index is 1.94. The van der Waals surface area contributed by atoms with Crippen LogP contribution in [0.2, 0.25) is 0 Å². The topological polar surface area (TPSA) is 67.2 Å². The molecule has 0 bridgehead atoms. The number of halogens is 2. The van der Waals surface area contributed by atoms with Gasteiger partial charge in [0.25, 0.3) is 12.0 Å². The van der Waals surface area contributed by atoms with Gasteiger partial charge in [-0.05, 0) is 30.7 Å². The second kappa shape index (κ2) is 9.16. The molecule has 3 rings (SSSR count). The van der Waals surface area contributed by atoms with Crippen molar-refractivity contribution in [2.24, 2.45) is 0 Å². The predicted molar refractivity (Wildman–Crippen MR) is 108 cm³/mol. The number of anilines is 1. The summed E-state index contributed by atoms with van der Waals surface area (Å²) in [6.07, 6.45) is -3.40. The fraction of sp³-hybridized carbons (Fsp3) is 0.300. The van der Waals surface area contributed by atoms with Crippen LogP contribution in [0.3, 0.4) is 0 Å². The number of aromatic nitrogens is 2. The molecule has 1 atom stereocenters. The number of alkyl halides is 2. The lowest BCUT2D eigenvalue weighted by Crippen LogP contribution is -2.29. The average Bonchev–Trinajstić information content (AvgIpc) is 2.68. The van der Waals surface area contributed by atoms with Gasteiger partial charge in [0.05, 0.1) is 23.6 Å². The van der Waals surface area contributed by atoms with Crippen molar-refractivity contribution in [1.82, 2.24) is 9.55 Å². The van der Waals surface area contributed by atoms with Crippen LogP contribution in [0.5, 0.6) is 0 Å². The molecule has 148 valence electrons. The summed E-state index contributed by atoms with van der Waals surface area (Å²) in [5.74, 6) is 0.766. The van der Waals surface area contributed by atoms with Gasteiger partial charge in [-0.25, -0.2) is 13.8 Å². The highest BCUT2D eigenvalue weighted by molar-refractivity contribution is 7.98. The number of rotatable bonds is 8. The summed E-state index contributed by atoms with van der Waals surface area (Å²) in [6, 6.07) is 15.2. The van der Waals surface area contributed by atoms with Crippen LogP contribution in [-0.4, -0.2) is 33.7 Å². The van der Waals surface area contributed by atoms with E-state index in [1.807, 2.05) is 36.4 Å². The highest BCUT2D eigenvalue weighted by atomic mass is 32.2. The van der Waals surface area contributed by atoms with Crippen LogP contribution < -0.4 is 10.9 Å². The van der Waals surface area contributed by atoms with Gasteiger partial charge in [0.15, 0.2) is 0 Å². The van der Waals surface area contributed by atoms with Gasteiger partial charge < -0.3 is 10.4 Å². The molecule has 3 aromatic rings. The third kappa shape index (κ3) is 5.08. The van der Waals surface area contributed by atoms with Crippen LogP contribution in [0.15, 0.2) is 58.2 Å². The molecule has 8 heteroatoms. The van der Waals surface area contributed by atoms with E-state index in [-0.39, 0.29) is 12.5 Å². The SMILES string of the molecule is C[C@H](O)CNc1nc2ccc(SCc3ccccc3)cc2c(=O)n1CC(F)F. The molecule has 2 N–H and O–H groups in total. The van der Waals surface area contributed by atoms with Crippen molar-refractivity contribution in [2.75, 3.05) is 11.9 Å². The molecular formula is C20H21F2N3O2S. The first-order chi connectivity index (χ1) is 13.4. The quantitative estimate of drug-likeness (QED) is 0.559. The summed E-state index contributed by atoms with van der Waals surface area (Å²) in [5, 5.41) is 12.5. The van der Waals surface area contributed by atoms with E-state index in [0.717, 1.165) is 20.8 Å². The van der Waals surface area contributed by atoms with Gasteiger partial charge in [0, 0.05) is 17.2 Å². The van der Waals surface area contributed by atoms with Crippen LogP contribution in [-0.2, 0) is 12.3 Å². The molecule has 0 aliphatic carbocycles. The third-order valence-corrected chi connectivity index (χ3v) is 5.12. The van der Waals surface area contributed by atoms with E-state index in [4.69, 9.17) is 0 Å². The Morgan fingerprint density at radius 2 is 1.96 bits per heavy atom. The van der Waals surface area contributed by atoms with Crippen LogP contribution in [0.25, 0.3) is 10.9 Å². The predicted octanol–water partition coefficient (Wildman–Crippen LogP) is 3.75. The number of aliphatic hydroxyl groups excluding tert-OH is 1. The molecule has 1 aromatic heterocycles. The first-order valence-electron chi connectivity index (χ1n) is 8.85. The molecule has 28 heavy (non-hydrogen) atoms. The summed E-state index contributed by atoms with van der Waals surface area (Å²) in [5.41, 5.74) is 1.05. The zero-order valence-electron chi connectivity index (χ0n) is 15.3. The van der Waals surface area contributed by atoms with E-state index in [2.05, 4.69) is 10.3 Å². The number of thioether (sulfide) groups is 1. The van der Waals surface area contributed by atoms with E-state index in [9.17, 15) is 18.7 Å². The summed E-state index contributed by atoms with van der Waals surface area (Å²) in [7, 11) is 0. The van der Waals surface area contributed by atoms with E-state index in [0.29, 0.717) is 10.9 Å². The second-order valence-electron chi connectivity index (χ2n) is 6.43. The normalized spacial score (nSPS) is 12.5. The van der Waals surface area contributed by atoms with Crippen molar-refractivity contribution in [3.8, 4) is 0 Å². The minimum Gasteiger partial charge on any atom is -0.392 e. The molecule has 0 radical (unpaired) electrons. The van der Waals surface area contributed by atoms with Crippen molar-refractivity contribution < 1.29 is 13.9 Å². The molecule has 1 heterocycles. The molecule has 5 nitrogen and oxygen atoms in total. The molecule has 0 amide bonds. The van der Waals surface area contributed by atoms with Crippen molar-refractivity contribution in [3.05, 3.63) is 64.4 Å². The van der Waals surface area contributed by atoms with Crippen LogP contribution in [0.4, 0.5) is 14.7 Å². The Labute approximate surface area is 165 Å². The van der Waals surface area contributed by atoms with Crippen molar-refractivity contribution >= 4 is 28.6 Å². The fourth-order valence-corrected chi connectivity index (χ4v) is 3.60. The van der Waals surface area contributed by atoms with Gasteiger partial charge >= 0.3 is 0 Å². The summed E-state index contributed by atoms with van der Waals surface area (Å²) in [4.78, 5) is 18.0. The van der Waals surface area contributed by atoms with Crippen molar-refractivity contribution in [2.45, 2.75) is 36.6 Å². The summed E-state index contributed by atoms with van der Waals surface area (Å²) in [6.45, 7) is 0.900. The van der Waals surface area contributed by atoms with E-state index in [1.54, 1.807) is 30.8 Å². The average molecular weight is 405 g/mol. The maximum absolute atomic E-state index is 13.0. The Kier molecular flexibility index (Phi) is 6.64. The second-order valence-corrected chi connectivity index (χ2v) is 7.47. The first kappa shape index (κ1) is 20.3. The van der Waals surface area contributed by atoms with Gasteiger partial charge in [-0.1, -0.05) is 30.3 Å². The third-order valence-electron chi connectivity index (χ3n) is 4.05. The van der Waals surface area contributed by atoms with Gasteiger partial charge in [0.2, 0.25) is 5.95 Å². The van der Waals surface area contributed by atoms with Crippen LogP contribution >= 0.6 is 11.8 Å². The lowest BCUT2D eigenvalue weighted by Gasteiger charge is -2.15. The van der Waals surface area contributed by atoms with Crippen LogP contribution in [0, 0.1) is 0 Å². The zero-order valence-corrected chi connectivity index (χ0v) is 16.1. The molecule has 0 unspecified atom stereocenters. The number of hydrogen-bond acceptors (Lipinski definition) is 5. The monoisotopic (exact) mass is 405 g/mol. The van der Waals surface area contributed by atoms with Crippen molar-refractivity contribution in [1.29, 1.82) is 0 Å². The minimum atomic E-state index is -2.69. The molecule has 0 spiro atoms. The number of fused-ring (bicyclic) bond motifs is 1. The molecular weight excluding hydrogens is 384 g/mol. The van der Waals surface area contributed by atoms with Crippen molar-refractivity contribution in [3.63, 3.8) is 0 Å². The molecule has 0 aliphatic heterocycles. The maximum atomic E-state index is 13.0. The highest BCUT2D eigenvalue weighted by Crippen LogP contribution is 2.25. The highest BCUT2D eigenvalue weighted by Gasteiger charge is 2.16. The largest absolute Gasteiger partial charge is 0.392 e. The van der Waals surface area contributed by atoms with E-state index in [1.165, 1.54) is 0 Å². The number of nitrogens with one attached hydrogen (secondary N) is 1. The minimum absolute atomic E-state index is 0.0309. The van der Waals surface area contributed by atoms with Gasteiger partial charge in [0.1, 0.15) is 0 Å². The number of hydrogen-bond donors (Lipinski definition) is 2. The van der Waals surface area contributed by atoms with Gasteiger partial charge in [-0.15, -0.1) is 11.8 Å².